The van der Waals surface area contributed by atoms with Gasteiger partial charge in [0.05, 0.1) is 6.61 Å². The number of fused-ring (bicyclic) bond motifs is 1. The largest absolute Gasteiger partial charge is 0.394 e. The van der Waals surface area contributed by atoms with Crippen LogP contribution in [-0.4, -0.2) is 59.8 Å². The summed E-state index contributed by atoms with van der Waals surface area (Å²) in [7, 11) is 0. The van der Waals surface area contributed by atoms with Crippen LogP contribution in [0.25, 0.3) is 21.6 Å². The third kappa shape index (κ3) is 2.03. The van der Waals surface area contributed by atoms with Crippen molar-refractivity contribution in [3.05, 3.63) is 16.8 Å². The van der Waals surface area contributed by atoms with Gasteiger partial charge in [-0.2, -0.15) is 0 Å². The topological polar surface area (TPSA) is 188 Å². The number of nitrogen functional groups attached to an aromatic ring is 1. The Morgan fingerprint density at radius 2 is 2.18 bits per heavy atom. The molecule has 0 aromatic carbocycles. The fourth-order valence-electron chi connectivity index (χ4n) is 2.35. The first kappa shape index (κ1) is 14.4. The van der Waals surface area contributed by atoms with Gasteiger partial charge in [-0.05, 0) is 10.6 Å². The smallest absolute Gasteiger partial charge is 0.201 e. The Kier molecular flexibility index (Phi) is 3.52. The van der Waals surface area contributed by atoms with Crippen molar-refractivity contribution >= 4 is 22.9 Å². The quantitative estimate of drug-likeness (QED) is 0.314. The third-order valence-electron chi connectivity index (χ3n) is 3.39. The average molecular weight is 308 g/mol. The molecule has 3 rings (SSSR count). The van der Waals surface area contributed by atoms with E-state index in [1.807, 2.05) is 0 Å². The summed E-state index contributed by atoms with van der Waals surface area (Å²) in [6.07, 6.45) is -3.65. The molecular formula is C10H12N8O4. The van der Waals surface area contributed by atoms with Crippen molar-refractivity contribution in [1.82, 2.24) is 19.5 Å². The Bertz CT molecular complexity index is 757. The molecule has 1 aliphatic rings. The number of azide groups is 1. The van der Waals surface area contributed by atoms with Gasteiger partial charge in [0.25, 0.3) is 0 Å². The second-order valence-electron chi connectivity index (χ2n) is 4.63. The van der Waals surface area contributed by atoms with E-state index in [4.69, 9.17) is 21.1 Å². The monoisotopic (exact) mass is 308 g/mol. The summed E-state index contributed by atoms with van der Waals surface area (Å²) in [6.45, 7) is -0.491. The minimum absolute atomic E-state index is 0.0601. The molecule has 1 aliphatic heterocycles. The van der Waals surface area contributed by atoms with Gasteiger partial charge in [0.2, 0.25) is 5.95 Å². The number of hydrogen-bond acceptors (Lipinski definition) is 9. The van der Waals surface area contributed by atoms with E-state index in [0.29, 0.717) is 0 Å². The van der Waals surface area contributed by atoms with Crippen molar-refractivity contribution in [2.45, 2.75) is 24.5 Å². The predicted molar refractivity (Wildman–Crippen MR) is 71.6 cm³/mol. The highest BCUT2D eigenvalue weighted by atomic mass is 16.6. The molecule has 116 valence electrons. The maximum absolute atomic E-state index is 10.1. The van der Waals surface area contributed by atoms with Gasteiger partial charge < -0.3 is 25.8 Å². The molecule has 1 fully saturated rings. The van der Waals surface area contributed by atoms with Crippen molar-refractivity contribution in [3.63, 3.8) is 0 Å². The number of ether oxygens (including phenoxy) is 1. The minimum Gasteiger partial charge on any atom is -0.394 e. The first-order valence-corrected chi connectivity index (χ1v) is 6.24. The van der Waals surface area contributed by atoms with Crippen molar-refractivity contribution < 1.29 is 20.1 Å². The Morgan fingerprint density at radius 1 is 1.41 bits per heavy atom. The SMILES string of the molecule is [N-]=[N+]=Nc1nc2c(N)ncnc2n1[C@@H]1O[C@H](CO)[C@H](O)[C@@H]1O. The highest BCUT2D eigenvalue weighted by Gasteiger charge is 2.44. The molecule has 12 nitrogen and oxygen atoms in total. The van der Waals surface area contributed by atoms with E-state index < -0.39 is 31.1 Å². The van der Waals surface area contributed by atoms with Crippen LogP contribution in [0.3, 0.4) is 0 Å². The zero-order valence-corrected chi connectivity index (χ0v) is 11.1. The van der Waals surface area contributed by atoms with Crippen molar-refractivity contribution in [2.24, 2.45) is 5.11 Å². The lowest BCUT2D eigenvalue weighted by molar-refractivity contribution is -0.0502. The summed E-state index contributed by atoms with van der Waals surface area (Å²) in [6, 6.07) is 0. The zero-order valence-electron chi connectivity index (χ0n) is 11.1. The number of hydrogen-bond donors (Lipinski definition) is 4. The number of rotatable bonds is 3. The van der Waals surface area contributed by atoms with Crippen LogP contribution >= 0.6 is 0 Å². The van der Waals surface area contributed by atoms with E-state index in [-0.39, 0.29) is 22.9 Å². The van der Waals surface area contributed by atoms with E-state index >= 15 is 0 Å². The van der Waals surface area contributed by atoms with Crippen LogP contribution in [0.15, 0.2) is 11.4 Å². The van der Waals surface area contributed by atoms with Gasteiger partial charge >= 0.3 is 0 Å². The van der Waals surface area contributed by atoms with Crippen LogP contribution < -0.4 is 5.73 Å². The van der Waals surface area contributed by atoms with Crippen LogP contribution in [0.5, 0.6) is 0 Å². The van der Waals surface area contributed by atoms with Crippen LogP contribution in [0.1, 0.15) is 6.23 Å². The van der Waals surface area contributed by atoms with Gasteiger partial charge in [0.15, 0.2) is 23.2 Å². The average Bonchev–Trinajstić information content (AvgIpc) is 3.00. The van der Waals surface area contributed by atoms with Gasteiger partial charge in [-0.15, -0.1) is 0 Å². The molecule has 4 atom stereocenters. The summed E-state index contributed by atoms with van der Waals surface area (Å²) in [5.41, 5.74) is 14.7. The molecule has 0 amide bonds. The fraction of sp³-hybridized carbons (Fsp3) is 0.500. The molecule has 22 heavy (non-hydrogen) atoms. The predicted octanol–water partition coefficient (Wildman–Crippen LogP) is -1.04. The summed E-state index contributed by atoms with van der Waals surface area (Å²) < 4.78 is 6.61. The van der Waals surface area contributed by atoms with Crippen molar-refractivity contribution in [2.75, 3.05) is 12.3 Å². The molecular weight excluding hydrogens is 296 g/mol. The Balaban J connectivity index is 2.19. The lowest BCUT2D eigenvalue weighted by atomic mass is 10.1. The number of aliphatic hydroxyl groups excluding tert-OH is 3. The molecule has 0 radical (unpaired) electrons. The number of nitrogens with zero attached hydrogens (tertiary/aromatic N) is 7. The number of anilines is 1. The maximum Gasteiger partial charge on any atom is 0.201 e. The first-order valence-electron chi connectivity index (χ1n) is 6.24. The molecule has 0 unspecified atom stereocenters. The van der Waals surface area contributed by atoms with Crippen molar-refractivity contribution in [1.29, 1.82) is 0 Å². The Morgan fingerprint density at radius 3 is 2.82 bits per heavy atom. The molecule has 0 spiro atoms. The number of nitrogens with two attached hydrogens (primary N) is 1. The summed E-state index contributed by atoms with van der Waals surface area (Å²) in [5, 5.41) is 32.5. The van der Waals surface area contributed by atoms with Gasteiger partial charge in [0.1, 0.15) is 24.6 Å². The van der Waals surface area contributed by atoms with Crippen LogP contribution in [0.4, 0.5) is 11.8 Å². The number of aliphatic hydroxyl groups is 3. The number of aromatic nitrogens is 4. The summed E-state index contributed by atoms with van der Waals surface area (Å²) >= 11 is 0. The molecule has 1 saturated heterocycles. The van der Waals surface area contributed by atoms with Crippen LogP contribution in [0.2, 0.25) is 0 Å². The van der Waals surface area contributed by atoms with Crippen LogP contribution in [-0.2, 0) is 4.74 Å². The Hall–Kier alpha value is -2.50. The minimum atomic E-state index is -1.38. The highest BCUT2D eigenvalue weighted by Crippen LogP contribution is 2.35. The molecule has 3 heterocycles. The Labute approximate surface area is 122 Å². The lowest BCUT2D eigenvalue weighted by Gasteiger charge is -2.17. The van der Waals surface area contributed by atoms with E-state index in [0.717, 1.165) is 0 Å². The standard InChI is InChI=1S/C10H12N8O4/c11-7-4-8(14-2-13-7)18(10(15-4)16-17-12)9-6(21)5(20)3(1-19)22-9/h2-3,5-6,9,19-21H,1H2,(H2,11,13,14)/t3-,5+,6+,9-/m1/s1. The molecule has 12 heteroatoms. The third-order valence-corrected chi connectivity index (χ3v) is 3.39. The van der Waals surface area contributed by atoms with Gasteiger partial charge in [-0.1, -0.05) is 0 Å². The van der Waals surface area contributed by atoms with Crippen molar-refractivity contribution in [3.8, 4) is 0 Å². The molecule has 0 saturated carbocycles. The van der Waals surface area contributed by atoms with Crippen LogP contribution in [0, 0.1) is 0 Å². The van der Waals surface area contributed by atoms with E-state index in [2.05, 4.69) is 25.0 Å². The van der Waals surface area contributed by atoms with Gasteiger partial charge in [-0.3, -0.25) is 4.57 Å². The molecule has 0 aliphatic carbocycles. The molecule has 2 aromatic rings. The van der Waals surface area contributed by atoms with E-state index in [9.17, 15) is 10.2 Å². The van der Waals surface area contributed by atoms with Gasteiger partial charge in [0, 0.05) is 4.91 Å². The molecule has 0 bridgehead atoms. The van der Waals surface area contributed by atoms with E-state index in [1.165, 1.54) is 10.9 Å². The lowest BCUT2D eigenvalue weighted by Crippen LogP contribution is -2.33. The molecule has 5 N–H and O–H groups in total. The summed E-state index contributed by atoms with van der Waals surface area (Å²) in [4.78, 5) is 14.4. The second-order valence-corrected chi connectivity index (χ2v) is 4.63. The summed E-state index contributed by atoms with van der Waals surface area (Å²) in [5.74, 6) is -0.0931. The fourth-order valence-corrected chi connectivity index (χ4v) is 2.35. The second kappa shape index (κ2) is 5.36. The molecule has 2 aromatic heterocycles. The normalized spacial score (nSPS) is 28.0. The number of imidazole rings is 1. The van der Waals surface area contributed by atoms with Gasteiger partial charge in [-0.25, -0.2) is 15.0 Å². The zero-order chi connectivity index (χ0) is 15.9. The maximum atomic E-state index is 10.1. The first-order chi connectivity index (χ1) is 10.6. The van der Waals surface area contributed by atoms with E-state index in [1.54, 1.807) is 0 Å². The highest BCUT2D eigenvalue weighted by molar-refractivity contribution is 5.83.